The predicted molar refractivity (Wildman–Crippen MR) is 43.5 cm³/mol. The van der Waals surface area contributed by atoms with E-state index in [1.807, 2.05) is 0 Å². The molecule has 2 unspecified atom stereocenters. The molecule has 0 aliphatic heterocycles. The molecule has 4 heteroatoms. The molecule has 1 aliphatic rings. The SMILES string of the molecule is CCOC(=O)C1CC(F)(F)CC1C. The van der Waals surface area contributed by atoms with E-state index >= 15 is 0 Å². The van der Waals surface area contributed by atoms with Gasteiger partial charge in [0.25, 0.3) is 0 Å². The second kappa shape index (κ2) is 3.60. The summed E-state index contributed by atoms with van der Waals surface area (Å²) in [5.74, 6) is -4.05. The van der Waals surface area contributed by atoms with Crippen LogP contribution in [0.15, 0.2) is 0 Å². The summed E-state index contributed by atoms with van der Waals surface area (Å²) in [7, 11) is 0. The fraction of sp³-hybridized carbons (Fsp3) is 0.889. The van der Waals surface area contributed by atoms with Crippen LogP contribution in [0.3, 0.4) is 0 Å². The molecule has 2 atom stereocenters. The molecular formula is C9H14F2O2. The van der Waals surface area contributed by atoms with Gasteiger partial charge in [-0.05, 0) is 12.8 Å². The molecule has 76 valence electrons. The summed E-state index contributed by atoms with van der Waals surface area (Å²) in [5.41, 5.74) is 0. The first kappa shape index (κ1) is 10.4. The summed E-state index contributed by atoms with van der Waals surface area (Å²) in [6.45, 7) is 3.60. The Kier molecular flexibility index (Phi) is 2.88. The minimum absolute atomic E-state index is 0.198. The fourth-order valence-corrected chi connectivity index (χ4v) is 1.78. The number of carbonyl (C=O) groups is 1. The van der Waals surface area contributed by atoms with Crippen molar-refractivity contribution in [1.82, 2.24) is 0 Å². The molecule has 0 aromatic carbocycles. The number of halogens is 2. The van der Waals surface area contributed by atoms with Crippen molar-refractivity contribution in [2.75, 3.05) is 6.61 Å². The van der Waals surface area contributed by atoms with Gasteiger partial charge in [-0.2, -0.15) is 0 Å². The molecular weight excluding hydrogens is 178 g/mol. The van der Waals surface area contributed by atoms with E-state index in [1.165, 1.54) is 0 Å². The average molecular weight is 192 g/mol. The van der Waals surface area contributed by atoms with Gasteiger partial charge in [-0.25, -0.2) is 8.78 Å². The Morgan fingerprint density at radius 1 is 1.54 bits per heavy atom. The molecule has 2 nitrogen and oxygen atoms in total. The van der Waals surface area contributed by atoms with Crippen molar-refractivity contribution in [3.05, 3.63) is 0 Å². The third-order valence-electron chi connectivity index (χ3n) is 2.42. The molecule has 0 N–H and O–H groups in total. The van der Waals surface area contributed by atoms with Crippen LogP contribution in [0.5, 0.6) is 0 Å². The standard InChI is InChI=1S/C9H14F2O2/c1-3-13-8(12)7-5-9(10,11)4-6(7)2/h6-7H,3-5H2,1-2H3. The third kappa shape index (κ3) is 2.39. The highest BCUT2D eigenvalue weighted by molar-refractivity contribution is 5.73. The smallest absolute Gasteiger partial charge is 0.309 e. The molecule has 13 heavy (non-hydrogen) atoms. The lowest BCUT2D eigenvalue weighted by Crippen LogP contribution is -2.20. The Morgan fingerprint density at radius 2 is 2.15 bits per heavy atom. The normalized spacial score (nSPS) is 31.7. The summed E-state index contributed by atoms with van der Waals surface area (Å²) in [5, 5.41) is 0. The highest BCUT2D eigenvalue weighted by Gasteiger charge is 2.47. The van der Waals surface area contributed by atoms with Crippen molar-refractivity contribution in [2.24, 2.45) is 11.8 Å². The molecule has 1 saturated carbocycles. The first-order valence-electron chi connectivity index (χ1n) is 4.50. The Hall–Kier alpha value is -0.670. The zero-order valence-electron chi connectivity index (χ0n) is 7.85. The van der Waals surface area contributed by atoms with Crippen molar-refractivity contribution in [3.8, 4) is 0 Å². The van der Waals surface area contributed by atoms with Gasteiger partial charge >= 0.3 is 5.97 Å². The molecule has 0 heterocycles. The molecule has 0 bridgehead atoms. The van der Waals surface area contributed by atoms with Gasteiger partial charge in [-0.15, -0.1) is 0 Å². The lowest BCUT2D eigenvalue weighted by atomic mass is 9.99. The maximum Gasteiger partial charge on any atom is 0.309 e. The van der Waals surface area contributed by atoms with E-state index in [4.69, 9.17) is 4.74 Å². The van der Waals surface area contributed by atoms with Crippen LogP contribution in [0.4, 0.5) is 8.78 Å². The highest BCUT2D eigenvalue weighted by Crippen LogP contribution is 2.43. The van der Waals surface area contributed by atoms with Crippen LogP contribution in [-0.2, 0) is 9.53 Å². The van der Waals surface area contributed by atoms with Crippen molar-refractivity contribution in [1.29, 1.82) is 0 Å². The van der Waals surface area contributed by atoms with Crippen molar-refractivity contribution >= 4 is 5.97 Å². The van der Waals surface area contributed by atoms with E-state index in [0.29, 0.717) is 0 Å². The van der Waals surface area contributed by atoms with Crippen LogP contribution < -0.4 is 0 Å². The van der Waals surface area contributed by atoms with Crippen molar-refractivity contribution < 1.29 is 18.3 Å². The third-order valence-corrected chi connectivity index (χ3v) is 2.42. The molecule has 1 rings (SSSR count). The van der Waals surface area contributed by atoms with Crippen LogP contribution >= 0.6 is 0 Å². The molecule has 0 saturated heterocycles. The summed E-state index contributed by atoms with van der Waals surface area (Å²) < 4.78 is 30.4. The second-order valence-electron chi connectivity index (χ2n) is 3.60. The van der Waals surface area contributed by atoms with E-state index in [1.54, 1.807) is 13.8 Å². The predicted octanol–water partition coefficient (Wildman–Crippen LogP) is 2.23. The first-order chi connectivity index (χ1) is 5.96. The zero-order chi connectivity index (χ0) is 10.1. The molecule has 0 amide bonds. The van der Waals surface area contributed by atoms with Gasteiger partial charge in [0.2, 0.25) is 5.92 Å². The van der Waals surface area contributed by atoms with E-state index in [9.17, 15) is 13.6 Å². The first-order valence-corrected chi connectivity index (χ1v) is 4.50. The van der Waals surface area contributed by atoms with Gasteiger partial charge in [-0.3, -0.25) is 4.79 Å². The Bertz CT molecular complexity index is 204. The van der Waals surface area contributed by atoms with Gasteiger partial charge in [0.15, 0.2) is 0 Å². The summed E-state index contributed by atoms with van der Waals surface area (Å²) in [6.07, 6.45) is -0.552. The Morgan fingerprint density at radius 3 is 2.54 bits per heavy atom. The van der Waals surface area contributed by atoms with Gasteiger partial charge in [0.1, 0.15) is 0 Å². The van der Waals surface area contributed by atoms with Crippen molar-refractivity contribution in [2.45, 2.75) is 32.6 Å². The number of carbonyl (C=O) groups excluding carboxylic acids is 1. The van der Waals surface area contributed by atoms with E-state index in [0.717, 1.165) is 0 Å². The van der Waals surface area contributed by atoms with Crippen LogP contribution in [0, 0.1) is 11.8 Å². The second-order valence-corrected chi connectivity index (χ2v) is 3.60. The molecule has 0 aromatic rings. The number of esters is 1. The molecule has 0 spiro atoms. The summed E-state index contributed by atoms with van der Waals surface area (Å²) >= 11 is 0. The molecule has 0 radical (unpaired) electrons. The van der Waals surface area contributed by atoms with Gasteiger partial charge in [0.05, 0.1) is 12.5 Å². The highest BCUT2D eigenvalue weighted by atomic mass is 19.3. The average Bonchev–Trinajstić information content (AvgIpc) is 2.25. The Balaban J connectivity index is 2.57. The quantitative estimate of drug-likeness (QED) is 0.627. The summed E-state index contributed by atoms with van der Waals surface area (Å²) in [6, 6.07) is 0. The molecule has 1 fully saturated rings. The van der Waals surface area contributed by atoms with E-state index in [-0.39, 0.29) is 25.4 Å². The van der Waals surface area contributed by atoms with Crippen molar-refractivity contribution in [3.63, 3.8) is 0 Å². The topological polar surface area (TPSA) is 26.3 Å². The van der Waals surface area contributed by atoms with Crippen LogP contribution in [0.25, 0.3) is 0 Å². The lowest BCUT2D eigenvalue weighted by molar-refractivity contribution is -0.149. The minimum Gasteiger partial charge on any atom is -0.466 e. The van der Waals surface area contributed by atoms with Crippen LogP contribution in [0.1, 0.15) is 26.7 Å². The molecule has 1 aliphatic carbocycles. The van der Waals surface area contributed by atoms with Gasteiger partial charge in [-0.1, -0.05) is 6.92 Å². The van der Waals surface area contributed by atoms with E-state index in [2.05, 4.69) is 0 Å². The number of hydrogen-bond donors (Lipinski definition) is 0. The zero-order valence-corrected chi connectivity index (χ0v) is 7.85. The molecule has 0 aromatic heterocycles. The monoisotopic (exact) mass is 192 g/mol. The summed E-state index contributed by atoms with van der Waals surface area (Å²) in [4.78, 5) is 11.2. The van der Waals surface area contributed by atoms with E-state index < -0.39 is 17.8 Å². The Labute approximate surface area is 76.3 Å². The largest absolute Gasteiger partial charge is 0.466 e. The number of rotatable bonds is 2. The minimum atomic E-state index is -2.68. The fourth-order valence-electron chi connectivity index (χ4n) is 1.78. The number of ether oxygens (including phenoxy) is 1. The van der Waals surface area contributed by atoms with Gasteiger partial charge < -0.3 is 4.74 Å². The lowest BCUT2D eigenvalue weighted by Gasteiger charge is -2.11. The number of hydrogen-bond acceptors (Lipinski definition) is 2. The van der Waals surface area contributed by atoms with Crippen LogP contribution in [-0.4, -0.2) is 18.5 Å². The van der Waals surface area contributed by atoms with Crippen LogP contribution in [0.2, 0.25) is 0 Å². The van der Waals surface area contributed by atoms with Gasteiger partial charge in [0, 0.05) is 12.8 Å². The maximum absolute atomic E-state index is 12.8. The maximum atomic E-state index is 12.8. The number of alkyl halides is 2.